The zero-order chi connectivity index (χ0) is 17.1. The van der Waals surface area contributed by atoms with E-state index in [1.807, 2.05) is 58.0 Å². The molecule has 0 aliphatic carbocycles. The summed E-state index contributed by atoms with van der Waals surface area (Å²) in [5.74, 6) is 0. The summed E-state index contributed by atoms with van der Waals surface area (Å²) in [7, 11) is -0.545. The number of aryl methyl sites for hydroxylation is 1. The van der Waals surface area contributed by atoms with E-state index in [-0.39, 0.29) is 13.2 Å². The van der Waals surface area contributed by atoms with E-state index in [0.717, 1.165) is 24.0 Å². The van der Waals surface area contributed by atoms with Crippen molar-refractivity contribution in [3.05, 3.63) is 40.9 Å². The maximum absolute atomic E-state index is 9.79. The van der Waals surface area contributed by atoms with Gasteiger partial charge in [-0.1, -0.05) is 30.3 Å². The van der Waals surface area contributed by atoms with Crippen molar-refractivity contribution >= 4 is 13.2 Å². The van der Waals surface area contributed by atoms with Crippen molar-refractivity contribution in [3.8, 4) is 0 Å². The number of aliphatic hydroxyl groups is 2. The van der Waals surface area contributed by atoms with E-state index < -0.39 is 18.3 Å². The van der Waals surface area contributed by atoms with Crippen LogP contribution in [0.1, 0.15) is 45.2 Å². The molecule has 0 radical (unpaired) electrons. The molecule has 1 saturated heterocycles. The second kappa shape index (κ2) is 7.18. The van der Waals surface area contributed by atoms with Crippen LogP contribution in [0.3, 0.4) is 0 Å². The van der Waals surface area contributed by atoms with Crippen LogP contribution in [-0.4, -0.2) is 41.7 Å². The number of hydrogen-bond acceptors (Lipinski definition) is 4. The molecule has 1 aliphatic rings. The second-order valence-corrected chi connectivity index (χ2v) is 6.99. The molecule has 1 fully saturated rings. The summed E-state index contributed by atoms with van der Waals surface area (Å²) >= 11 is 0. The van der Waals surface area contributed by atoms with Crippen molar-refractivity contribution in [3.63, 3.8) is 0 Å². The minimum atomic E-state index is -0.545. The van der Waals surface area contributed by atoms with Crippen LogP contribution in [0.25, 0.3) is 6.08 Å². The van der Waals surface area contributed by atoms with E-state index in [1.165, 1.54) is 0 Å². The molecule has 1 aliphatic heterocycles. The quantitative estimate of drug-likeness (QED) is 0.792. The van der Waals surface area contributed by atoms with Crippen molar-refractivity contribution in [2.24, 2.45) is 0 Å². The molecule has 4 nitrogen and oxygen atoms in total. The van der Waals surface area contributed by atoms with Crippen molar-refractivity contribution in [1.29, 1.82) is 0 Å². The van der Waals surface area contributed by atoms with Gasteiger partial charge in [-0.25, -0.2) is 0 Å². The Morgan fingerprint density at radius 2 is 1.70 bits per heavy atom. The first-order valence-corrected chi connectivity index (χ1v) is 8.16. The molecule has 0 saturated carbocycles. The van der Waals surface area contributed by atoms with E-state index in [1.54, 1.807) is 0 Å². The van der Waals surface area contributed by atoms with Crippen LogP contribution in [-0.2, 0) is 15.7 Å². The maximum Gasteiger partial charge on any atom is 0.492 e. The third kappa shape index (κ3) is 4.04. The highest BCUT2D eigenvalue weighted by Gasteiger charge is 2.52. The minimum Gasteiger partial charge on any atom is -0.400 e. The predicted molar refractivity (Wildman–Crippen MR) is 93.0 cm³/mol. The molecule has 0 unspecified atom stereocenters. The van der Waals surface area contributed by atoms with Crippen LogP contribution in [0, 0.1) is 0 Å². The smallest absolute Gasteiger partial charge is 0.400 e. The number of benzene rings is 1. The summed E-state index contributed by atoms with van der Waals surface area (Å²) in [4.78, 5) is 0. The van der Waals surface area contributed by atoms with Crippen LogP contribution in [0.15, 0.2) is 29.7 Å². The van der Waals surface area contributed by atoms with E-state index in [2.05, 4.69) is 0 Å². The van der Waals surface area contributed by atoms with Crippen LogP contribution < -0.4 is 0 Å². The molecule has 1 heterocycles. The first kappa shape index (κ1) is 18.2. The fraction of sp³-hybridized carbons (Fsp3) is 0.556. The molecule has 0 spiro atoms. The van der Waals surface area contributed by atoms with Gasteiger partial charge < -0.3 is 19.5 Å². The minimum absolute atomic E-state index is 0.120. The van der Waals surface area contributed by atoms with Gasteiger partial charge in [-0.3, -0.25) is 0 Å². The molecule has 126 valence electrons. The molecule has 0 aromatic heterocycles. The molecule has 2 N–H and O–H groups in total. The molecule has 2 rings (SSSR count). The van der Waals surface area contributed by atoms with Crippen LogP contribution >= 0.6 is 0 Å². The van der Waals surface area contributed by atoms with Crippen LogP contribution in [0.2, 0.25) is 0 Å². The summed E-state index contributed by atoms with van der Waals surface area (Å²) in [6, 6.07) is 8.00. The monoisotopic (exact) mass is 318 g/mol. The number of hydrogen-bond donors (Lipinski definition) is 2. The highest BCUT2D eigenvalue weighted by Crippen LogP contribution is 2.38. The number of aliphatic hydroxyl groups excluding tert-OH is 2. The third-order valence-electron chi connectivity index (χ3n) is 4.74. The summed E-state index contributed by atoms with van der Waals surface area (Å²) < 4.78 is 12.0. The molecule has 0 atom stereocenters. The Kier molecular flexibility index (Phi) is 5.68. The molecular weight excluding hydrogens is 291 g/mol. The van der Waals surface area contributed by atoms with E-state index in [9.17, 15) is 5.11 Å². The molecule has 23 heavy (non-hydrogen) atoms. The summed E-state index contributed by atoms with van der Waals surface area (Å²) in [5, 5.41) is 18.8. The molecule has 0 bridgehead atoms. The average Bonchev–Trinajstić information content (AvgIpc) is 2.71. The van der Waals surface area contributed by atoms with Crippen LogP contribution in [0.4, 0.5) is 0 Å². The zero-order valence-corrected chi connectivity index (χ0v) is 14.5. The van der Waals surface area contributed by atoms with Crippen molar-refractivity contribution in [1.82, 2.24) is 0 Å². The fourth-order valence-electron chi connectivity index (χ4n) is 2.55. The lowest BCUT2D eigenvalue weighted by Crippen LogP contribution is -2.41. The molecular formula is C18H27BO4. The summed E-state index contributed by atoms with van der Waals surface area (Å²) in [6.07, 6.45) is 3.45. The van der Waals surface area contributed by atoms with Gasteiger partial charge in [0, 0.05) is 6.61 Å². The van der Waals surface area contributed by atoms with Crippen molar-refractivity contribution < 1.29 is 19.5 Å². The Morgan fingerprint density at radius 1 is 1.09 bits per heavy atom. The molecule has 1 aromatic carbocycles. The SMILES string of the molecule is CC1(C)OB(C(=Cc2ccccc2CCCO)CO)OC1(C)C. The Labute approximate surface area is 139 Å². The van der Waals surface area contributed by atoms with Gasteiger partial charge in [-0.05, 0) is 57.1 Å². The maximum atomic E-state index is 9.79. The number of rotatable bonds is 6. The summed E-state index contributed by atoms with van der Waals surface area (Å²) in [6.45, 7) is 8.04. The zero-order valence-electron chi connectivity index (χ0n) is 14.5. The standard InChI is InChI=1S/C18H27BO4/c1-17(2)18(3,4)23-19(22-17)16(13-21)12-15-9-6-5-8-14(15)10-7-11-20/h5-6,8-9,12,20-21H,7,10-11,13H2,1-4H3. The second-order valence-electron chi connectivity index (χ2n) is 6.99. The lowest BCUT2D eigenvalue weighted by atomic mass is 9.77. The summed E-state index contributed by atoms with van der Waals surface area (Å²) in [5.41, 5.74) is 2.02. The molecule has 0 amide bonds. The molecule has 5 heteroatoms. The Balaban J connectivity index is 2.27. The van der Waals surface area contributed by atoms with Gasteiger partial charge >= 0.3 is 7.12 Å². The van der Waals surface area contributed by atoms with Gasteiger partial charge in [0.1, 0.15) is 0 Å². The fourth-order valence-corrected chi connectivity index (χ4v) is 2.55. The van der Waals surface area contributed by atoms with Crippen LogP contribution in [0.5, 0.6) is 0 Å². The highest BCUT2D eigenvalue weighted by atomic mass is 16.7. The van der Waals surface area contributed by atoms with Gasteiger partial charge in [0.15, 0.2) is 0 Å². The van der Waals surface area contributed by atoms with Gasteiger partial charge in [0.05, 0.1) is 17.8 Å². The van der Waals surface area contributed by atoms with Crippen molar-refractivity contribution in [2.75, 3.05) is 13.2 Å². The Bertz CT molecular complexity index is 550. The Hall–Kier alpha value is -1.14. The predicted octanol–water partition coefficient (Wildman–Crippen LogP) is 2.62. The topological polar surface area (TPSA) is 58.9 Å². The van der Waals surface area contributed by atoms with E-state index in [0.29, 0.717) is 5.47 Å². The van der Waals surface area contributed by atoms with E-state index in [4.69, 9.17) is 14.4 Å². The van der Waals surface area contributed by atoms with Gasteiger partial charge in [0.2, 0.25) is 0 Å². The highest BCUT2D eigenvalue weighted by molar-refractivity contribution is 6.55. The van der Waals surface area contributed by atoms with Crippen molar-refractivity contribution in [2.45, 2.75) is 51.7 Å². The average molecular weight is 318 g/mol. The van der Waals surface area contributed by atoms with Gasteiger partial charge in [0.25, 0.3) is 0 Å². The van der Waals surface area contributed by atoms with Gasteiger partial charge in [-0.2, -0.15) is 0 Å². The molecule has 1 aromatic rings. The first-order valence-electron chi connectivity index (χ1n) is 8.16. The van der Waals surface area contributed by atoms with Gasteiger partial charge in [-0.15, -0.1) is 0 Å². The normalized spacial score (nSPS) is 20.1. The lowest BCUT2D eigenvalue weighted by molar-refractivity contribution is 0.00578. The first-order chi connectivity index (χ1) is 10.8. The largest absolute Gasteiger partial charge is 0.492 e. The lowest BCUT2D eigenvalue weighted by Gasteiger charge is -2.32. The van der Waals surface area contributed by atoms with E-state index >= 15 is 0 Å². The Morgan fingerprint density at radius 3 is 2.26 bits per heavy atom. The third-order valence-corrected chi connectivity index (χ3v) is 4.74.